The predicted molar refractivity (Wildman–Crippen MR) is 66.1 cm³/mol. The van der Waals surface area contributed by atoms with Crippen molar-refractivity contribution in [3.05, 3.63) is 28.8 Å². The Hall–Kier alpha value is -0.770. The SMILES string of the molecule is COc1ccc(C(O)CCN(C)C)cc1Cl. The molecule has 1 unspecified atom stereocenters. The summed E-state index contributed by atoms with van der Waals surface area (Å²) in [6, 6.07) is 5.36. The van der Waals surface area contributed by atoms with Crippen molar-refractivity contribution in [2.24, 2.45) is 0 Å². The molecule has 4 heteroatoms. The number of aliphatic hydroxyl groups is 1. The number of hydrogen-bond acceptors (Lipinski definition) is 3. The smallest absolute Gasteiger partial charge is 0.137 e. The highest BCUT2D eigenvalue weighted by atomic mass is 35.5. The van der Waals surface area contributed by atoms with Gasteiger partial charge in [0.05, 0.1) is 18.2 Å². The topological polar surface area (TPSA) is 32.7 Å². The minimum Gasteiger partial charge on any atom is -0.495 e. The van der Waals surface area contributed by atoms with Gasteiger partial charge in [0, 0.05) is 6.54 Å². The lowest BCUT2D eigenvalue weighted by Crippen LogP contribution is -2.15. The molecule has 0 saturated carbocycles. The Morgan fingerprint density at radius 1 is 1.44 bits per heavy atom. The van der Waals surface area contributed by atoms with Crippen molar-refractivity contribution in [2.45, 2.75) is 12.5 Å². The van der Waals surface area contributed by atoms with Crippen LogP contribution in [0.2, 0.25) is 5.02 Å². The molecule has 1 rings (SSSR count). The molecular weight excluding hydrogens is 226 g/mol. The lowest BCUT2D eigenvalue weighted by molar-refractivity contribution is 0.154. The molecule has 0 amide bonds. The quantitative estimate of drug-likeness (QED) is 0.862. The molecule has 0 saturated heterocycles. The van der Waals surface area contributed by atoms with E-state index in [4.69, 9.17) is 16.3 Å². The Bertz CT molecular complexity index is 342. The van der Waals surface area contributed by atoms with Gasteiger partial charge in [-0.2, -0.15) is 0 Å². The number of nitrogens with zero attached hydrogens (tertiary/aromatic N) is 1. The molecule has 1 aromatic carbocycles. The number of hydrogen-bond donors (Lipinski definition) is 1. The fourth-order valence-electron chi connectivity index (χ4n) is 1.44. The van der Waals surface area contributed by atoms with E-state index in [0.29, 0.717) is 17.2 Å². The van der Waals surface area contributed by atoms with Gasteiger partial charge >= 0.3 is 0 Å². The summed E-state index contributed by atoms with van der Waals surface area (Å²) in [5.74, 6) is 0.630. The zero-order valence-corrected chi connectivity index (χ0v) is 10.7. The number of rotatable bonds is 5. The summed E-state index contributed by atoms with van der Waals surface area (Å²) < 4.78 is 5.06. The third kappa shape index (κ3) is 3.67. The van der Waals surface area contributed by atoms with Crippen molar-refractivity contribution in [1.29, 1.82) is 0 Å². The molecule has 0 heterocycles. The van der Waals surface area contributed by atoms with E-state index in [1.54, 1.807) is 19.2 Å². The van der Waals surface area contributed by atoms with Crippen molar-refractivity contribution in [3.8, 4) is 5.75 Å². The Balaban J connectivity index is 2.69. The van der Waals surface area contributed by atoms with Crippen molar-refractivity contribution in [3.63, 3.8) is 0 Å². The van der Waals surface area contributed by atoms with Gasteiger partial charge in [-0.05, 0) is 38.2 Å². The fourth-order valence-corrected chi connectivity index (χ4v) is 1.70. The molecule has 0 aromatic heterocycles. The van der Waals surface area contributed by atoms with Crippen LogP contribution in [-0.2, 0) is 0 Å². The lowest BCUT2D eigenvalue weighted by atomic mass is 10.1. The molecule has 16 heavy (non-hydrogen) atoms. The third-order valence-corrected chi connectivity index (χ3v) is 2.71. The average Bonchev–Trinajstić information content (AvgIpc) is 2.25. The van der Waals surface area contributed by atoms with E-state index in [2.05, 4.69) is 0 Å². The molecule has 0 aliphatic rings. The number of ether oxygens (including phenoxy) is 1. The van der Waals surface area contributed by atoms with Gasteiger partial charge in [0.15, 0.2) is 0 Å². The van der Waals surface area contributed by atoms with Crippen LogP contribution >= 0.6 is 11.6 Å². The highest BCUT2D eigenvalue weighted by Gasteiger charge is 2.10. The van der Waals surface area contributed by atoms with Crippen molar-refractivity contribution >= 4 is 11.6 Å². The lowest BCUT2D eigenvalue weighted by Gasteiger charge is -2.15. The zero-order valence-electron chi connectivity index (χ0n) is 9.90. The second-order valence-electron chi connectivity index (χ2n) is 4.00. The van der Waals surface area contributed by atoms with Crippen LogP contribution in [0.15, 0.2) is 18.2 Å². The van der Waals surface area contributed by atoms with Crippen molar-refractivity contribution < 1.29 is 9.84 Å². The molecule has 1 N–H and O–H groups in total. The van der Waals surface area contributed by atoms with Crippen LogP contribution in [0.1, 0.15) is 18.1 Å². The minimum absolute atomic E-state index is 0.481. The summed E-state index contributed by atoms with van der Waals surface area (Å²) in [6.45, 7) is 0.838. The molecule has 0 aliphatic carbocycles. The van der Waals surface area contributed by atoms with Crippen molar-refractivity contribution in [2.75, 3.05) is 27.7 Å². The molecular formula is C12H18ClNO2. The van der Waals surface area contributed by atoms with Crippen LogP contribution in [0.5, 0.6) is 5.75 Å². The maximum Gasteiger partial charge on any atom is 0.137 e. The van der Waals surface area contributed by atoms with E-state index in [1.807, 2.05) is 25.1 Å². The summed E-state index contributed by atoms with van der Waals surface area (Å²) in [5.41, 5.74) is 0.827. The molecule has 0 bridgehead atoms. The first-order chi connectivity index (χ1) is 7.54. The molecule has 0 spiro atoms. The van der Waals surface area contributed by atoms with E-state index in [1.165, 1.54) is 0 Å². The van der Waals surface area contributed by atoms with Gasteiger partial charge in [-0.15, -0.1) is 0 Å². The highest BCUT2D eigenvalue weighted by Crippen LogP contribution is 2.28. The van der Waals surface area contributed by atoms with Crippen LogP contribution in [0.4, 0.5) is 0 Å². The van der Waals surface area contributed by atoms with E-state index in [-0.39, 0.29) is 0 Å². The predicted octanol–water partition coefficient (Wildman–Crippen LogP) is 2.33. The summed E-state index contributed by atoms with van der Waals surface area (Å²) >= 11 is 5.99. The second-order valence-corrected chi connectivity index (χ2v) is 4.41. The Labute approximate surface area is 102 Å². The highest BCUT2D eigenvalue weighted by molar-refractivity contribution is 6.32. The summed E-state index contributed by atoms with van der Waals surface area (Å²) in [4.78, 5) is 2.04. The molecule has 0 fully saturated rings. The van der Waals surface area contributed by atoms with Crippen LogP contribution < -0.4 is 4.74 Å². The zero-order chi connectivity index (χ0) is 12.1. The Kier molecular flexibility index (Phi) is 5.06. The first kappa shape index (κ1) is 13.3. The van der Waals surface area contributed by atoms with E-state index in [0.717, 1.165) is 12.1 Å². The van der Waals surface area contributed by atoms with Gasteiger partial charge in [-0.3, -0.25) is 0 Å². The Morgan fingerprint density at radius 2 is 2.12 bits per heavy atom. The Morgan fingerprint density at radius 3 is 2.62 bits per heavy atom. The van der Waals surface area contributed by atoms with E-state index >= 15 is 0 Å². The molecule has 90 valence electrons. The summed E-state index contributed by atoms with van der Waals surface area (Å²) in [7, 11) is 5.53. The molecule has 1 atom stereocenters. The van der Waals surface area contributed by atoms with Crippen LogP contribution in [0.25, 0.3) is 0 Å². The number of benzene rings is 1. The maximum atomic E-state index is 9.93. The second kappa shape index (κ2) is 6.09. The molecule has 3 nitrogen and oxygen atoms in total. The average molecular weight is 244 g/mol. The largest absolute Gasteiger partial charge is 0.495 e. The third-order valence-electron chi connectivity index (χ3n) is 2.41. The van der Waals surface area contributed by atoms with Gasteiger partial charge in [0.2, 0.25) is 0 Å². The summed E-state index contributed by atoms with van der Waals surface area (Å²) in [5, 5.41) is 10.5. The van der Waals surface area contributed by atoms with Crippen molar-refractivity contribution in [1.82, 2.24) is 4.90 Å². The first-order valence-corrected chi connectivity index (χ1v) is 5.58. The number of methoxy groups -OCH3 is 1. The standard InChI is InChI=1S/C12H18ClNO2/c1-14(2)7-6-11(15)9-4-5-12(16-3)10(13)8-9/h4-5,8,11,15H,6-7H2,1-3H3. The van der Waals surface area contributed by atoms with Gasteiger partial charge in [-0.1, -0.05) is 17.7 Å². The first-order valence-electron chi connectivity index (χ1n) is 5.21. The molecule has 0 aliphatic heterocycles. The van der Waals surface area contributed by atoms with Gasteiger partial charge in [0.25, 0.3) is 0 Å². The normalized spacial score (nSPS) is 12.9. The van der Waals surface area contributed by atoms with Gasteiger partial charge in [0.1, 0.15) is 5.75 Å². The van der Waals surface area contributed by atoms with Gasteiger partial charge in [-0.25, -0.2) is 0 Å². The number of aliphatic hydroxyl groups excluding tert-OH is 1. The number of halogens is 1. The fraction of sp³-hybridized carbons (Fsp3) is 0.500. The summed E-state index contributed by atoms with van der Waals surface area (Å²) in [6.07, 6.45) is 0.209. The molecule has 1 aromatic rings. The minimum atomic E-state index is -0.481. The monoisotopic (exact) mass is 243 g/mol. The van der Waals surface area contributed by atoms with E-state index < -0.39 is 6.10 Å². The van der Waals surface area contributed by atoms with Gasteiger partial charge < -0.3 is 14.7 Å². The van der Waals surface area contributed by atoms with Crippen LogP contribution in [-0.4, -0.2) is 37.8 Å². The molecule has 0 radical (unpaired) electrons. The maximum absolute atomic E-state index is 9.93. The van der Waals surface area contributed by atoms with Crippen LogP contribution in [0.3, 0.4) is 0 Å². The van der Waals surface area contributed by atoms with E-state index in [9.17, 15) is 5.11 Å². The van der Waals surface area contributed by atoms with Crippen LogP contribution in [0, 0.1) is 0 Å².